The van der Waals surface area contributed by atoms with Crippen LogP contribution in [0, 0.1) is 0 Å². The topological polar surface area (TPSA) is 118 Å². The van der Waals surface area contributed by atoms with Crippen LogP contribution in [-0.4, -0.2) is 26.8 Å². The molecule has 0 bridgehead atoms. The van der Waals surface area contributed by atoms with E-state index in [2.05, 4.69) is 51.3 Å². The van der Waals surface area contributed by atoms with Crippen molar-refractivity contribution in [1.29, 1.82) is 0 Å². The van der Waals surface area contributed by atoms with E-state index in [4.69, 9.17) is 23.2 Å². The van der Waals surface area contributed by atoms with Gasteiger partial charge in [0.05, 0.1) is 20.3 Å². The highest BCUT2D eigenvalue weighted by Crippen LogP contribution is 2.33. The summed E-state index contributed by atoms with van der Waals surface area (Å²) >= 11 is 18.0. The lowest BCUT2D eigenvalue weighted by Crippen LogP contribution is -2.15. The van der Waals surface area contributed by atoms with Crippen molar-refractivity contribution in [3.05, 3.63) is 80.2 Å². The van der Waals surface area contributed by atoms with E-state index in [9.17, 15) is 16.8 Å². The molecule has 34 heavy (non-hydrogen) atoms. The summed E-state index contributed by atoms with van der Waals surface area (Å²) in [6.07, 6.45) is 2.27. The van der Waals surface area contributed by atoms with E-state index in [0.717, 1.165) is 12.4 Å². The molecule has 8 nitrogen and oxygen atoms in total. The van der Waals surface area contributed by atoms with Crippen molar-refractivity contribution in [2.45, 2.75) is 9.79 Å². The van der Waals surface area contributed by atoms with Gasteiger partial charge in [-0.2, -0.15) is 0 Å². The quantitative estimate of drug-likeness (QED) is 0.242. The maximum Gasteiger partial charge on any atom is 0.263 e. The lowest BCUT2D eigenvalue weighted by Gasteiger charge is -2.14. The summed E-state index contributed by atoms with van der Waals surface area (Å²) in [4.78, 5) is 7.50. The van der Waals surface area contributed by atoms with Crippen molar-refractivity contribution in [3.63, 3.8) is 0 Å². The molecule has 2 aromatic carbocycles. The van der Waals surface area contributed by atoms with Crippen molar-refractivity contribution in [3.8, 4) is 0 Å². The van der Waals surface area contributed by atoms with Crippen LogP contribution in [-0.2, 0) is 20.0 Å². The Morgan fingerprint density at radius 1 is 0.676 bits per heavy atom. The average molecular weight is 667 g/mol. The number of aromatic nitrogens is 2. The van der Waals surface area contributed by atoms with Crippen LogP contribution in [0.1, 0.15) is 0 Å². The summed E-state index contributed by atoms with van der Waals surface area (Å²) in [5, 5.41) is 1.21. The van der Waals surface area contributed by atoms with Crippen molar-refractivity contribution in [2.24, 2.45) is 0 Å². The van der Waals surface area contributed by atoms with Gasteiger partial charge >= 0.3 is 0 Å². The molecule has 176 valence electrons. The second-order valence-corrected chi connectivity index (χ2v) is 12.6. The smallest absolute Gasteiger partial charge is 0.263 e. The van der Waals surface area contributed by atoms with Crippen LogP contribution in [0.25, 0.3) is 10.8 Å². The zero-order valence-corrected chi connectivity index (χ0v) is 22.9. The molecule has 0 atom stereocenters. The third kappa shape index (κ3) is 5.16. The number of sulfonamides is 2. The normalized spacial score (nSPS) is 12.0. The molecule has 0 aliphatic heterocycles. The molecule has 2 heterocycles. The highest BCUT2D eigenvalue weighted by molar-refractivity contribution is 9.10. The first-order valence-electron chi connectivity index (χ1n) is 9.17. The fraction of sp³-hybridized carbons (Fsp3) is 0. The second-order valence-electron chi connectivity index (χ2n) is 6.80. The Hall–Kier alpha value is -1.96. The van der Waals surface area contributed by atoms with Gasteiger partial charge in [-0.05, 0) is 56.1 Å². The third-order valence-corrected chi connectivity index (χ3v) is 9.51. The Balaban J connectivity index is 1.72. The molecular formula is C20H12Br2Cl2N4O4S2. The van der Waals surface area contributed by atoms with E-state index >= 15 is 0 Å². The standard InChI is InChI=1S/C20H12Br2Cl2N4O4S2/c21-15-7-11(9-25-19(15)23)33(29,30)27-17-5-1-3-13-14(17)4-2-6-18(13)28-34(31,32)12-8-16(22)20(24)26-10-12/h1-10,27-28H. The minimum atomic E-state index is -4.01. The average Bonchev–Trinajstić information content (AvgIpc) is 2.77. The Labute approximate surface area is 222 Å². The molecule has 0 spiro atoms. The Morgan fingerprint density at radius 2 is 1.06 bits per heavy atom. The van der Waals surface area contributed by atoms with Gasteiger partial charge in [-0.25, -0.2) is 26.8 Å². The first-order valence-corrected chi connectivity index (χ1v) is 14.5. The van der Waals surface area contributed by atoms with Gasteiger partial charge in [0.1, 0.15) is 20.1 Å². The van der Waals surface area contributed by atoms with Crippen molar-refractivity contribution < 1.29 is 16.8 Å². The highest BCUT2D eigenvalue weighted by atomic mass is 79.9. The molecule has 0 radical (unpaired) electrons. The minimum absolute atomic E-state index is 0.0987. The van der Waals surface area contributed by atoms with Gasteiger partial charge in [-0.15, -0.1) is 0 Å². The summed E-state index contributed by atoms with van der Waals surface area (Å²) in [6.45, 7) is 0. The second kappa shape index (κ2) is 9.59. The fourth-order valence-electron chi connectivity index (χ4n) is 3.00. The number of hydrogen-bond donors (Lipinski definition) is 2. The summed E-state index contributed by atoms with van der Waals surface area (Å²) in [5.41, 5.74) is 0.501. The van der Waals surface area contributed by atoms with Crippen LogP contribution in [0.5, 0.6) is 0 Å². The molecule has 4 rings (SSSR count). The largest absolute Gasteiger partial charge is 0.279 e. The van der Waals surface area contributed by atoms with Crippen molar-refractivity contribution in [2.75, 3.05) is 9.44 Å². The fourth-order valence-corrected chi connectivity index (χ4v) is 6.30. The third-order valence-electron chi connectivity index (χ3n) is 4.57. The number of pyridine rings is 2. The predicted molar refractivity (Wildman–Crippen MR) is 139 cm³/mol. The SMILES string of the molecule is O=S(=O)(Nc1cccc2c(NS(=O)(=O)c3cnc(Cl)c(Br)c3)cccc12)c1cnc(Cl)c(Br)c1. The van der Waals surface area contributed by atoms with Gasteiger partial charge in [-0.1, -0.05) is 47.5 Å². The Kier molecular flexibility index (Phi) is 7.09. The predicted octanol–water partition coefficient (Wildman–Crippen LogP) is 6.06. The number of hydrogen-bond acceptors (Lipinski definition) is 6. The van der Waals surface area contributed by atoms with Crippen LogP contribution >= 0.6 is 55.1 Å². The number of nitrogens with zero attached hydrogens (tertiary/aromatic N) is 2. The summed E-state index contributed by atoms with van der Waals surface area (Å²) < 4.78 is 57.4. The van der Waals surface area contributed by atoms with Gasteiger partial charge < -0.3 is 0 Å². The monoisotopic (exact) mass is 664 g/mol. The molecule has 0 saturated carbocycles. The number of fused-ring (bicyclic) bond motifs is 1. The zero-order valence-electron chi connectivity index (χ0n) is 16.6. The number of nitrogens with one attached hydrogen (secondary N) is 2. The lowest BCUT2D eigenvalue weighted by molar-refractivity contribution is 0.599. The molecular weight excluding hydrogens is 655 g/mol. The number of benzene rings is 2. The maximum atomic E-state index is 12.9. The summed E-state index contributed by atoms with van der Waals surface area (Å²) in [5.74, 6) is 0. The number of halogens is 4. The first kappa shape index (κ1) is 25.1. The molecule has 4 aromatic rings. The van der Waals surface area contributed by atoms with Gasteiger partial charge in [0, 0.05) is 23.2 Å². The van der Waals surface area contributed by atoms with Crippen LogP contribution in [0.2, 0.25) is 10.3 Å². The summed E-state index contributed by atoms with van der Waals surface area (Å²) in [7, 11) is -8.02. The van der Waals surface area contributed by atoms with E-state index in [-0.39, 0.29) is 31.5 Å². The molecule has 0 amide bonds. The van der Waals surface area contributed by atoms with E-state index in [1.807, 2.05) is 0 Å². The number of rotatable bonds is 6. The lowest BCUT2D eigenvalue weighted by atomic mass is 10.1. The van der Waals surface area contributed by atoms with E-state index < -0.39 is 20.0 Å². The zero-order chi connectivity index (χ0) is 24.7. The molecule has 0 fully saturated rings. The first-order chi connectivity index (χ1) is 16.0. The molecule has 0 aliphatic rings. The molecule has 2 N–H and O–H groups in total. The van der Waals surface area contributed by atoms with Crippen LogP contribution in [0.4, 0.5) is 11.4 Å². The Morgan fingerprint density at radius 3 is 1.41 bits per heavy atom. The van der Waals surface area contributed by atoms with Gasteiger partial charge in [0.15, 0.2) is 0 Å². The van der Waals surface area contributed by atoms with Gasteiger partial charge in [-0.3, -0.25) is 9.44 Å². The molecule has 14 heteroatoms. The van der Waals surface area contributed by atoms with Crippen LogP contribution < -0.4 is 9.44 Å². The van der Waals surface area contributed by atoms with Crippen molar-refractivity contribution in [1.82, 2.24) is 9.97 Å². The maximum absolute atomic E-state index is 12.9. The van der Waals surface area contributed by atoms with Gasteiger partial charge in [0.25, 0.3) is 20.0 Å². The van der Waals surface area contributed by atoms with Crippen molar-refractivity contribution >= 4 is 97.3 Å². The highest BCUT2D eigenvalue weighted by Gasteiger charge is 2.20. The molecule has 2 aromatic heterocycles. The minimum Gasteiger partial charge on any atom is -0.279 e. The summed E-state index contributed by atoms with van der Waals surface area (Å²) in [6, 6.07) is 12.3. The molecule has 0 aliphatic carbocycles. The van der Waals surface area contributed by atoms with E-state index in [1.165, 1.54) is 12.1 Å². The number of anilines is 2. The van der Waals surface area contributed by atoms with E-state index in [0.29, 0.717) is 19.7 Å². The van der Waals surface area contributed by atoms with Crippen LogP contribution in [0.15, 0.2) is 79.7 Å². The van der Waals surface area contributed by atoms with Gasteiger partial charge in [0.2, 0.25) is 0 Å². The van der Waals surface area contributed by atoms with E-state index in [1.54, 1.807) is 36.4 Å². The molecule has 0 saturated heterocycles. The molecule has 0 unspecified atom stereocenters. The Bertz CT molecular complexity index is 1530. The van der Waals surface area contributed by atoms with Crippen LogP contribution in [0.3, 0.4) is 0 Å².